The summed E-state index contributed by atoms with van der Waals surface area (Å²) in [4.78, 5) is 31.8. The predicted molar refractivity (Wildman–Crippen MR) is 127 cm³/mol. The van der Waals surface area contributed by atoms with E-state index in [9.17, 15) is 9.59 Å². The number of likely N-dealkylation sites (tertiary alicyclic amines) is 1. The molecule has 1 spiro atoms. The van der Waals surface area contributed by atoms with Gasteiger partial charge in [-0.25, -0.2) is 0 Å². The molecule has 3 fully saturated rings. The van der Waals surface area contributed by atoms with Gasteiger partial charge in [0, 0.05) is 61.3 Å². The number of thiophene rings is 1. The first-order valence-electron chi connectivity index (χ1n) is 11.9. The van der Waals surface area contributed by atoms with Crippen molar-refractivity contribution in [2.75, 3.05) is 44.2 Å². The van der Waals surface area contributed by atoms with Crippen LogP contribution in [0.15, 0.2) is 29.6 Å². The van der Waals surface area contributed by atoms with E-state index >= 15 is 0 Å². The highest BCUT2D eigenvalue weighted by atomic mass is 32.1. The fraction of sp³-hybridized carbons (Fsp3) is 0.600. The number of fused-ring (bicyclic) bond motifs is 1. The summed E-state index contributed by atoms with van der Waals surface area (Å²) in [7, 11) is 0. The largest absolute Gasteiger partial charge is 0.368 e. The van der Waals surface area contributed by atoms with Crippen molar-refractivity contribution in [1.29, 1.82) is 0 Å². The van der Waals surface area contributed by atoms with Gasteiger partial charge in [-0.3, -0.25) is 19.4 Å². The molecule has 2 amide bonds. The number of unbranched alkanes of at least 4 members (excludes halogenated alkanes) is 1. The number of anilines is 1. The van der Waals surface area contributed by atoms with Gasteiger partial charge < -0.3 is 4.90 Å². The minimum Gasteiger partial charge on any atom is -0.368 e. The van der Waals surface area contributed by atoms with Gasteiger partial charge in [0.2, 0.25) is 11.8 Å². The highest BCUT2D eigenvalue weighted by Crippen LogP contribution is 2.46. The fourth-order valence-corrected chi connectivity index (χ4v) is 6.64. The van der Waals surface area contributed by atoms with Crippen LogP contribution in [0, 0.1) is 5.41 Å². The molecule has 1 saturated carbocycles. The number of carbonyl (C=O) groups excluding carboxylic acids is 2. The summed E-state index contributed by atoms with van der Waals surface area (Å²) in [6, 6.07) is 8.84. The van der Waals surface area contributed by atoms with Crippen LogP contribution in [-0.2, 0) is 9.59 Å². The lowest BCUT2D eigenvalue weighted by Crippen LogP contribution is -2.48. The van der Waals surface area contributed by atoms with Crippen molar-refractivity contribution < 1.29 is 9.59 Å². The number of amides is 2. The summed E-state index contributed by atoms with van der Waals surface area (Å²) in [5.74, 6) is 0.156. The predicted octanol–water partition coefficient (Wildman–Crippen LogP) is 4.51. The summed E-state index contributed by atoms with van der Waals surface area (Å²) < 4.78 is 1.36. The summed E-state index contributed by atoms with van der Waals surface area (Å²) in [5.41, 5.74) is 1.37. The van der Waals surface area contributed by atoms with Crippen LogP contribution in [0.3, 0.4) is 0 Å². The van der Waals surface area contributed by atoms with Crippen LogP contribution in [0.5, 0.6) is 0 Å². The van der Waals surface area contributed by atoms with Crippen LogP contribution < -0.4 is 4.90 Å². The van der Waals surface area contributed by atoms with Gasteiger partial charge in [0.1, 0.15) is 0 Å². The standard InChI is InChI=1S/C25H33N3O2S/c29-23-18-25(9-1-2-10-25)19-24(30)28(23)12-4-3-11-26-13-15-27(16-14-26)21-6-5-7-22-20(21)8-17-31-22/h5-8,17H,1-4,9-16,18-19H2. The molecule has 1 aromatic carbocycles. The highest BCUT2D eigenvalue weighted by molar-refractivity contribution is 7.17. The van der Waals surface area contributed by atoms with Crippen molar-refractivity contribution in [3.8, 4) is 0 Å². The van der Waals surface area contributed by atoms with Gasteiger partial charge in [0.25, 0.3) is 0 Å². The van der Waals surface area contributed by atoms with Crippen LogP contribution in [0.25, 0.3) is 10.1 Å². The van der Waals surface area contributed by atoms with Crippen molar-refractivity contribution in [1.82, 2.24) is 9.80 Å². The van der Waals surface area contributed by atoms with Gasteiger partial charge >= 0.3 is 0 Å². The number of benzene rings is 1. The highest BCUT2D eigenvalue weighted by Gasteiger charge is 2.44. The van der Waals surface area contributed by atoms with Gasteiger partial charge in [-0.15, -0.1) is 11.3 Å². The lowest BCUT2D eigenvalue weighted by molar-refractivity contribution is -0.153. The van der Waals surface area contributed by atoms with Gasteiger partial charge in [0.15, 0.2) is 0 Å². The Bertz CT molecular complexity index is 921. The Balaban J connectivity index is 1.05. The maximum atomic E-state index is 12.6. The molecule has 2 aromatic rings. The maximum absolute atomic E-state index is 12.6. The number of hydrogen-bond acceptors (Lipinski definition) is 5. The Labute approximate surface area is 189 Å². The third-order valence-corrected chi connectivity index (χ3v) is 8.49. The molecule has 31 heavy (non-hydrogen) atoms. The quantitative estimate of drug-likeness (QED) is 0.491. The molecule has 3 heterocycles. The van der Waals surface area contributed by atoms with E-state index < -0.39 is 0 Å². The second kappa shape index (κ2) is 8.91. The molecule has 0 unspecified atom stereocenters. The molecule has 5 rings (SSSR count). The van der Waals surface area contributed by atoms with Crippen molar-refractivity contribution in [3.05, 3.63) is 29.6 Å². The normalized spacial score (nSPS) is 22.2. The second-order valence-electron chi connectivity index (χ2n) is 9.65. The summed E-state index contributed by atoms with van der Waals surface area (Å²) in [6.07, 6.45) is 7.62. The molecule has 2 saturated heterocycles. The molecule has 1 aliphatic carbocycles. The monoisotopic (exact) mass is 439 g/mol. The molecule has 0 N–H and O–H groups in total. The van der Waals surface area contributed by atoms with Gasteiger partial charge in [-0.2, -0.15) is 0 Å². The second-order valence-corrected chi connectivity index (χ2v) is 10.6. The number of piperidine rings is 1. The van der Waals surface area contributed by atoms with Crippen molar-refractivity contribution >= 4 is 38.9 Å². The van der Waals surface area contributed by atoms with E-state index in [1.165, 1.54) is 28.6 Å². The smallest absolute Gasteiger partial charge is 0.229 e. The van der Waals surface area contributed by atoms with Crippen molar-refractivity contribution in [3.63, 3.8) is 0 Å². The lowest BCUT2D eigenvalue weighted by atomic mass is 9.76. The Morgan fingerprint density at radius 3 is 2.32 bits per heavy atom. The van der Waals surface area contributed by atoms with E-state index in [1.54, 1.807) is 4.90 Å². The number of carbonyl (C=O) groups is 2. The summed E-state index contributed by atoms with van der Waals surface area (Å²) in [5, 5.41) is 3.55. The Kier molecular flexibility index (Phi) is 6.02. The van der Waals surface area contributed by atoms with Crippen LogP contribution in [-0.4, -0.2) is 60.9 Å². The average molecular weight is 440 g/mol. The van der Waals surface area contributed by atoms with Crippen LogP contribution in [0.1, 0.15) is 51.4 Å². The Morgan fingerprint density at radius 1 is 0.871 bits per heavy atom. The average Bonchev–Trinajstić information content (AvgIpc) is 3.42. The first-order chi connectivity index (χ1) is 15.1. The molecule has 3 aliphatic rings. The first kappa shape index (κ1) is 21.0. The molecule has 0 radical (unpaired) electrons. The summed E-state index contributed by atoms with van der Waals surface area (Å²) in [6.45, 7) is 5.92. The lowest BCUT2D eigenvalue weighted by Gasteiger charge is -2.38. The Hall–Kier alpha value is -1.92. The van der Waals surface area contributed by atoms with E-state index in [2.05, 4.69) is 39.4 Å². The number of hydrogen-bond donors (Lipinski definition) is 0. The van der Waals surface area contributed by atoms with Crippen molar-refractivity contribution in [2.45, 2.75) is 51.4 Å². The molecule has 166 valence electrons. The van der Waals surface area contributed by atoms with Gasteiger partial charge in [-0.1, -0.05) is 18.9 Å². The third-order valence-electron chi connectivity index (χ3n) is 7.61. The zero-order valence-corrected chi connectivity index (χ0v) is 19.2. The Morgan fingerprint density at radius 2 is 1.58 bits per heavy atom. The number of piperazine rings is 1. The van der Waals surface area contributed by atoms with E-state index in [-0.39, 0.29) is 17.2 Å². The third kappa shape index (κ3) is 4.37. The molecule has 6 heteroatoms. The zero-order valence-electron chi connectivity index (χ0n) is 18.4. The topological polar surface area (TPSA) is 43.9 Å². The van der Waals surface area contributed by atoms with Crippen LogP contribution in [0.4, 0.5) is 5.69 Å². The minimum atomic E-state index is 0.0116. The SMILES string of the molecule is O=C1CC2(CCCC2)CC(=O)N1CCCCN1CCN(c2cccc3sccc23)CC1. The number of nitrogens with zero attached hydrogens (tertiary/aromatic N) is 3. The molecule has 2 aliphatic heterocycles. The summed E-state index contributed by atoms with van der Waals surface area (Å²) >= 11 is 1.81. The van der Waals surface area contributed by atoms with Crippen LogP contribution >= 0.6 is 11.3 Å². The maximum Gasteiger partial charge on any atom is 0.229 e. The number of imide groups is 1. The molecule has 0 atom stereocenters. The molecule has 5 nitrogen and oxygen atoms in total. The van der Waals surface area contributed by atoms with E-state index in [1.807, 2.05) is 11.3 Å². The first-order valence-corrected chi connectivity index (χ1v) is 12.8. The van der Waals surface area contributed by atoms with E-state index in [0.717, 1.165) is 58.4 Å². The van der Waals surface area contributed by atoms with Crippen molar-refractivity contribution in [2.24, 2.45) is 5.41 Å². The fourth-order valence-electron chi connectivity index (χ4n) is 5.83. The van der Waals surface area contributed by atoms with Crippen LogP contribution in [0.2, 0.25) is 0 Å². The van der Waals surface area contributed by atoms with E-state index in [4.69, 9.17) is 0 Å². The zero-order chi connectivity index (χ0) is 21.3. The van der Waals surface area contributed by atoms with E-state index in [0.29, 0.717) is 19.4 Å². The van der Waals surface area contributed by atoms with Gasteiger partial charge in [0.05, 0.1) is 0 Å². The van der Waals surface area contributed by atoms with Gasteiger partial charge in [-0.05, 0) is 61.2 Å². The minimum absolute atomic E-state index is 0.0116. The molecule has 0 bridgehead atoms. The molecular weight excluding hydrogens is 406 g/mol. The molecule has 1 aromatic heterocycles. The molecular formula is C25H33N3O2S. The number of rotatable bonds is 6.